The van der Waals surface area contributed by atoms with Gasteiger partial charge in [-0.2, -0.15) is 5.10 Å². The second-order valence-electron chi connectivity index (χ2n) is 4.10. The van der Waals surface area contributed by atoms with Crippen molar-refractivity contribution in [1.29, 1.82) is 0 Å². The quantitative estimate of drug-likeness (QED) is 0.520. The molecule has 0 saturated heterocycles. The van der Waals surface area contributed by atoms with E-state index in [1.54, 1.807) is 25.1 Å². The second-order valence-corrected chi connectivity index (χ2v) is 4.94. The summed E-state index contributed by atoms with van der Waals surface area (Å²) in [4.78, 5) is 14.1. The number of halogens is 2. The van der Waals surface area contributed by atoms with E-state index in [9.17, 15) is 10.1 Å². The molecule has 1 heterocycles. The Morgan fingerprint density at radius 3 is 2.57 bits per heavy atom. The first-order chi connectivity index (χ1) is 9.97. The zero-order valence-corrected chi connectivity index (χ0v) is 12.4. The Labute approximate surface area is 130 Å². The van der Waals surface area contributed by atoms with Gasteiger partial charge in [-0.25, -0.2) is 4.98 Å². The van der Waals surface area contributed by atoms with Gasteiger partial charge in [0.05, 0.1) is 20.7 Å². The Hall–Kier alpha value is -2.18. The SMILES string of the molecule is CC(=NNc1ncc(Cl)cc1Cl)c1ccc([N+](=O)[O-])cc1. The minimum absolute atomic E-state index is 0.0296. The van der Waals surface area contributed by atoms with E-state index in [0.29, 0.717) is 21.6 Å². The number of nitrogens with zero attached hydrogens (tertiary/aromatic N) is 3. The number of pyridine rings is 1. The van der Waals surface area contributed by atoms with Crippen LogP contribution in [0.25, 0.3) is 0 Å². The van der Waals surface area contributed by atoms with Crippen molar-refractivity contribution in [3.8, 4) is 0 Å². The third-order valence-electron chi connectivity index (χ3n) is 2.63. The number of nitro benzene ring substituents is 1. The summed E-state index contributed by atoms with van der Waals surface area (Å²) in [5, 5.41) is 15.5. The number of nitrogens with one attached hydrogen (secondary N) is 1. The van der Waals surface area contributed by atoms with Crippen LogP contribution in [0.3, 0.4) is 0 Å². The summed E-state index contributed by atoms with van der Waals surface area (Å²) < 4.78 is 0. The molecule has 0 aliphatic rings. The Morgan fingerprint density at radius 2 is 2.00 bits per heavy atom. The minimum atomic E-state index is -0.452. The van der Waals surface area contributed by atoms with Crippen molar-refractivity contribution in [2.24, 2.45) is 5.10 Å². The molecule has 2 rings (SSSR count). The predicted molar refractivity (Wildman–Crippen MR) is 83.2 cm³/mol. The maximum atomic E-state index is 10.6. The fraction of sp³-hybridized carbons (Fsp3) is 0.0769. The largest absolute Gasteiger partial charge is 0.269 e. The number of nitro groups is 1. The van der Waals surface area contributed by atoms with Gasteiger partial charge in [-0.05, 0) is 30.7 Å². The first kappa shape index (κ1) is 15.2. The van der Waals surface area contributed by atoms with Crippen LogP contribution in [-0.2, 0) is 0 Å². The number of benzene rings is 1. The van der Waals surface area contributed by atoms with Gasteiger partial charge in [0.25, 0.3) is 5.69 Å². The molecular weight excluding hydrogens is 315 g/mol. The van der Waals surface area contributed by atoms with Crippen LogP contribution >= 0.6 is 23.2 Å². The van der Waals surface area contributed by atoms with Crippen LogP contribution in [-0.4, -0.2) is 15.6 Å². The van der Waals surface area contributed by atoms with Crippen LogP contribution in [0.1, 0.15) is 12.5 Å². The van der Waals surface area contributed by atoms with Gasteiger partial charge in [-0.15, -0.1) is 0 Å². The molecule has 0 amide bonds. The predicted octanol–water partition coefficient (Wildman–Crippen LogP) is 4.13. The van der Waals surface area contributed by atoms with Crippen LogP contribution < -0.4 is 5.43 Å². The normalized spacial score (nSPS) is 11.3. The molecule has 0 spiro atoms. The molecule has 21 heavy (non-hydrogen) atoms. The lowest BCUT2D eigenvalue weighted by Gasteiger charge is -2.05. The lowest BCUT2D eigenvalue weighted by molar-refractivity contribution is -0.384. The molecule has 0 fully saturated rings. The first-order valence-corrected chi connectivity index (χ1v) is 6.59. The van der Waals surface area contributed by atoms with Crippen molar-refractivity contribution in [2.45, 2.75) is 6.92 Å². The van der Waals surface area contributed by atoms with Gasteiger partial charge in [0.15, 0.2) is 5.82 Å². The summed E-state index contributed by atoms with van der Waals surface area (Å²) in [6.45, 7) is 1.76. The van der Waals surface area contributed by atoms with E-state index < -0.39 is 4.92 Å². The summed E-state index contributed by atoms with van der Waals surface area (Å²) in [6.07, 6.45) is 1.45. The topological polar surface area (TPSA) is 80.4 Å². The molecule has 6 nitrogen and oxygen atoms in total. The molecule has 0 saturated carbocycles. The van der Waals surface area contributed by atoms with E-state index in [-0.39, 0.29) is 5.69 Å². The summed E-state index contributed by atoms with van der Waals surface area (Å²) in [7, 11) is 0. The van der Waals surface area contributed by atoms with Gasteiger partial charge < -0.3 is 0 Å². The third kappa shape index (κ3) is 3.90. The van der Waals surface area contributed by atoms with Crippen molar-refractivity contribution in [2.75, 3.05) is 5.43 Å². The number of rotatable bonds is 4. The van der Waals surface area contributed by atoms with E-state index in [0.717, 1.165) is 5.56 Å². The number of hydrazone groups is 1. The smallest absolute Gasteiger partial charge is 0.260 e. The average molecular weight is 325 g/mol. The Bertz CT molecular complexity index is 702. The molecule has 0 aliphatic carbocycles. The van der Waals surface area contributed by atoms with Crippen molar-refractivity contribution in [3.05, 3.63) is 62.3 Å². The zero-order valence-electron chi connectivity index (χ0n) is 10.9. The summed E-state index contributed by atoms with van der Waals surface area (Å²) in [6, 6.07) is 7.63. The van der Waals surface area contributed by atoms with Gasteiger partial charge >= 0.3 is 0 Å². The number of anilines is 1. The van der Waals surface area contributed by atoms with Crippen LogP contribution in [0.15, 0.2) is 41.6 Å². The summed E-state index contributed by atoms with van der Waals surface area (Å²) in [5.41, 5.74) is 4.14. The average Bonchev–Trinajstić information content (AvgIpc) is 2.46. The van der Waals surface area contributed by atoms with Gasteiger partial charge in [-0.3, -0.25) is 15.5 Å². The molecule has 0 bridgehead atoms. The molecule has 1 aromatic heterocycles. The first-order valence-electron chi connectivity index (χ1n) is 5.83. The summed E-state index contributed by atoms with van der Waals surface area (Å²) >= 11 is 11.7. The van der Waals surface area contributed by atoms with E-state index in [1.807, 2.05) is 0 Å². The van der Waals surface area contributed by atoms with Gasteiger partial charge in [0.2, 0.25) is 0 Å². The van der Waals surface area contributed by atoms with E-state index in [4.69, 9.17) is 23.2 Å². The fourth-order valence-corrected chi connectivity index (χ4v) is 1.94. The van der Waals surface area contributed by atoms with Crippen molar-refractivity contribution in [1.82, 2.24) is 4.98 Å². The van der Waals surface area contributed by atoms with Crippen LogP contribution in [0, 0.1) is 10.1 Å². The number of aromatic nitrogens is 1. The number of hydrogen-bond acceptors (Lipinski definition) is 5. The molecule has 8 heteroatoms. The van der Waals surface area contributed by atoms with Crippen molar-refractivity contribution >= 4 is 40.4 Å². The molecular formula is C13H10Cl2N4O2. The molecule has 1 N–H and O–H groups in total. The minimum Gasteiger partial charge on any atom is -0.260 e. The molecule has 0 atom stereocenters. The second kappa shape index (κ2) is 6.51. The standard InChI is InChI=1S/C13H10Cl2N4O2/c1-8(9-2-4-11(5-3-9)19(20)21)17-18-13-12(15)6-10(14)7-16-13/h2-7H,1H3,(H,16,18). The van der Waals surface area contributed by atoms with Crippen molar-refractivity contribution < 1.29 is 4.92 Å². The molecule has 2 aromatic rings. The molecule has 0 unspecified atom stereocenters. The molecule has 0 radical (unpaired) electrons. The lowest BCUT2D eigenvalue weighted by Crippen LogP contribution is -2.01. The lowest BCUT2D eigenvalue weighted by atomic mass is 10.1. The highest BCUT2D eigenvalue weighted by Crippen LogP contribution is 2.22. The highest BCUT2D eigenvalue weighted by atomic mass is 35.5. The maximum Gasteiger partial charge on any atom is 0.269 e. The van der Waals surface area contributed by atoms with Gasteiger partial charge in [0.1, 0.15) is 0 Å². The Kier molecular flexibility index (Phi) is 4.72. The highest BCUT2D eigenvalue weighted by Gasteiger charge is 2.06. The number of non-ortho nitro benzene ring substituents is 1. The van der Waals surface area contributed by atoms with Crippen LogP contribution in [0.5, 0.6) is 0 Å². The van der Waals surface area contributed by atoms with E-state index in [1.165, 1.54) is 18.3 Å². The maximum absolute atomic E-state index is 10.6. The summed E-state index contributed by atoms with van der Waals surface area (Å²) in [5.74, 6) is 0.377. The van der Waals surface area contributed by atoms with Gasteiger partial charge in [-0.1, -0.05) is 23.2 Å². The fourth-order valence-electron chi connectivity index (χ4n) is 1.52. The molecule has 1 aromatic carbocycles. The van der Waals surface area contributed by atoms with E-state index >= 15 is 0 Å². The zero-order chi connectivity index (χ0) is 15.4. The Morgan fingerprint density at radius 1 is 1.33 bits per heavy atom. The van der Waals surface area contributed by atoms with Crippen molar-refractivity contribution in [3.63, 3.8) is 0 Å². The third-order valence-corrected chi connectivity index (χ3v) is 3.13. The molecule has 108 valence electrons. The monoisotopic (exact) mass is 324 g/mol. The van der Waals surface area contributed by atoms with Gasteiger partial charge in [0, 0.05) is 18.3 Å². The van der Waals surface area contributed by atoms with Crippen LogP contribution in [0.2, 0.25) is 10.0 Å². The molecule has 0 aliphatic heterocycles. The Balaban J connectivity index is 2.15. The highest BCUT2D eigenvalue weighted by molar-refractivity contribution is 6.35. The van der Waals surface area contributed by atoms with Crippen LogP contribution in [0.4, 0.5) is 11.5 Å². The number of hydrogen-bond donors (Lipinski definition) is 1. The van der Waals surface area contributed by atoms with E-state index in [2.05, 4.69) is 15.5 Å².